The first-order valence-corrected chi connectivity index (χ1v) is 8.41. The summed E-state index contributed by atoms with van der Waals surface area (Å²) < 4.78 is 3.88. The highest BCUT2D eigenvalue weighted by Gasteiger charge is 2.43. The summed E-state index contributed by atoms with van der Waals surface area (Å²) in [7, 11) is 0. The zero-order chi connectivity index (χ0) is 12.7. The molecule has 3 heterocycles. The summed E-state index contributed by atoms with van der Waals surface area (Å²) in [4.78, 5) is 15.4. The number of carbonyl (C=O) groups excluding carboxylic acids is 1. The Morgan fingerprint density at radius 2 is 2.06 bits per heavy atom. The molecular weight excluding hydrogens is 266 g/mol. The lowest BCUT2D eigenvalue weighted by molar-refractivity contribution is 0.0606. The number of piperidine rings is 1. The van der Waals surface area contributed by atoms with Gasteiger partial charge in [-0.05, 0) is 50.4 Å². The van der Waals surface area contributed by atoms with Crippen molar-refractivity contribution < 1.29 is 4.79 Å². The summed E-state index contributed by atoms with van der Waals surface area (Å²) in [6.45, 7) is 1.87. The van der Waals surface area contributed by atoms with Crippen molar-refractivity contribution in [3.63, 3.8) is 0 Å². The van der Waals surface area contributed by atoms with E-state index in [1.54, 1.807) is 0 Å². The molecule has 1 amide bonds. The first-order chi connectivity index (χ1) is 8.70. The summed E-state index contributed by atoms with van der Waals surface area (Å²) in [5.74, 6) is 0.162. The van der Waals surface area contributed by atoms with Crippen molar-refractivity contribution in [1.29, 1.82) is 0 Å². The Bertz CT molecular complexity index is 448. The van der Waals surface area contributed by atoms with Crippen molar-refractivity contribution in [2.24, 2.45) is 0 Å². The number of nitrogens with zero attached hydrogens (tertiary/aromatic N) is 3. The van der Waals surface area contributed by atoms with Crippen LogP contribution in [-0.2, 0) is 0 Å². The molecule has 4 nitrogen and oxygen atoms in total. The Morgan fingerprint density at radius 1 is 1.39 bits per heavy atom. The van der Waals surface area contributed by atoms with Crippen LogP contribution in [0.1, 0.15) is 41.0 Å². The summed E-state index contributed by atoms with van der Waals surface area (Å²) in [6, 6.07) is 0.880. The van der Waals surface area contributed by atoms with Crippen LogP contribution in [0.25, 0.3) is 0 Å². The smallest absolute Gasteiger partial charge is 0.268 e. The Balaban J connectivity index is 1.82. The molecule has 0 aliphatic carbocycles. The van der Waals surface area contributed by atoms with Gasteiger partial charge in [-0.1, -0.05) is 4.49 Å². The van der Waals surface area contributed by atoms with Crippen molar-refractivity contribution in [2.75, 3.05) is 6.26 Å². The fraction of sp³-hybridized carbons (Fsp3) is 0.750. The van der Waals surface area contributed by atoms with E-state index in [0.717, 1.165) is 28.7 Å². The normalized spacial score (nSPS) is 30.8. The summed E-state index contributed by atoms with van der Waals surface area (Å²) >= 11 is 3.18. The lowest BCUT2D eigenvalue weighted by Crippen LogP contribution is -2.47. The van der Waals surface area contributed by atoms with E-state index in [1.165, 1.54) is 24.4 Å². The fourth-order valence-corrected chi connectivity index (χ4v) is 4.63. The molecule has 1 aromatic rings. The van der Waals surface area contributed by atoms with Gasteiger partial charge in [0.25, 0.3) is 5.91 Å². The van der Waals surface area contributed by atoms with Crippen molar-refractivity contribution in [2.45, 2.75) is 49.9 Å². The predicted octanol–water partition coefficient (Wildman–Crippen LogP) is 2.35. The number of aromatic nitrogens is 2. The predicted molar refractivity (Wildman–Crippen MR) is 74.2 cm³/mol. The first-order valence-electron chi connectivity index (χ1n) is 6.35. The van der Waals surface area contributed by atoms with Crippen LogP contribution in [0.3, 0.4) is 0 Å². The van der Waals surface area contributed by atoms with Gasteiger partial charge in [-0.3, -0.25) is 4.79 Å². The molecule has 2 saturated heterocycles. The second-order valence-electron chi connectivity index (χ2n) is 5.11. The lowest BCUT2D eigenvalue weighted by Gasteiger charge is -2.38. The molecule has 2 fully saturated rings. The molecule has 18 heavy (non-hydrogen) atoms. The van der Waals surface area contributed by atoms with Gasteiger partial charge in [0.1, 0.15) is 4.88 Å². The molecular formula is C12H17N3OS2. The molecule has 6 heteroatoms. The van der Waals surface area contributed by atoms with Crippen molar-refractivity contribution >= 4 is 29.2 Å². The average Bonchev–Trinajstić information content (AvgIpc) is 2.90. The molecule has 0 N–H and O–H groups in total. The van der Waals surface area contributed by atoms with Gasteiger partial charge in [-0.15, -0.1) is 5.10 Å². The molecule has 1 aromatic heterocycles. The molecule has 2 bridgehead atoms. The highest BCUT2D eigenvalue weighted by atomic mass is 32.2. The molecule has 98 valence electrons. The van der Waals surface area contributed by atoms with Crippen LogP contribution >= 0.6 is 23.3 Å². The Hall–Kier alpha value is -0.620. The molecule has 0 spiro atoms. The van der Waals surface area contributed by atoms with Crippen LogP contribution in [0.4, 0.5) is 0 Å². The number of aryl methyl sites for hydroxylation is 1. The monoisotopic (exact) mass is 283 g/mol. The molecule has 3 atom stereocenters. The third-order valence-electron chi connectivity index (χ3n) is 4.10. The minimum Gasteiger partial charge on any atom is -0.332 e. The van der Waals surface area contributed by atoms with E-state index in [-0.39, 0.29) is 5.91 Å². The zero-order valence-corrected chi connectivity index (χ0v) is 12.3. The molecule has 2 aliphatic rings. The van der Waals surface area contributed by atoms with E-state index in [1.807, 2.05) is 18.7 Å². The van der Waals surface area contributed by atoms with Crippen LogP contribution in [-0.4, -0.2) is 44.0 Å². The van der Waals surface area contributed by atoms with E-state index >= 15 is 0 Å². The van der Waals surface area contributed by atoms with Gasteiger partial charge in [0.05, 0.1) is 5.69 Å². The highest BCUT2D eigenvalue weighted by Crippen LogP contribution is 2.40. The summed E-state index contributed by atoms with van der Waals surface area (Å²) in [6.07, 6.45) is 6.81. The van der Waals surface area contributed by atoms with Crippen LogP contribution in [0.15, 0.2) is 0 Å². The van der Waals surface area contributed by atoms with Gasteiger partial charge in [0, 0.05) is 17.3 Å². The van der Waals surface area contributed by atoms with Crippen molar-refractivity contribution in [3.8, 4) is 0 Å². The van der Waals surface area contributed by atoms with Gasteiger partial charge in [0.2, 0.25) is 0 Å². The minimum absolute atomic E-state index is 0.162. The Morgan fingerprint density at radius 3 is 2.56 bits per heavy atom. The van der Waals surface area contributed by atoms with Gasteiger partial charge in [-0.25, -0.2) is 0 Å². The van der Waals surface area contributed by atoms with E-state index in [0.29, 0.717) is 12.1 Å². The number of rotatable bonds is 2. The molecule has 0 aromatic carbocycles. The molecule has 0 saturated carbocycles. The summed E-state index contributed by atoms with van der Waals surface area (Å²) in [5.41, 5.74) is 0.774. The third-order valence-corrected chi connectivity index (χ3v) is 5.97. The van der Waals surface area contributed by atoms with Crippen LogP contribution in [0.5, 0.6) is 0 Å². The maximum absolute atomic E-state index is 12.6. The topological polar surface area (TPSA) is 46.1 Å². The second kappa shape index (κ2) is 4.81. The molecule has 1 unspecified atom stereocenters. The van der Waals surface area contributed by atoms with E-state index in [2.05, 4.69) is 20.7 Å². The van der Waals surface area contributed by atoms with Gasteiger partial charge in [0.15, 0.2) is 0 Å². The largest absolute Gasteiger partial charge is 0.332 e. The van der Waals surface area contributed by atoms with E-state index < -0.39 is 0 Å². The van der Waals surface area contributed by atoms with Crippen LogP contribution in [0.2, 0.25) is 0 Å². The second-order valence-corrected chi connectivity index (χ2v) is 7.01. The number of carbonyl (C=O) groups is 1. The Kier molecular flexibility index (Phi) is 3.32. The lowest BCUT2D eigenvalue weighted by atomic mass is 10.0. The number of hydrogen-bond donors (Lipinski definition) is 0. The van der Waals surface area contributed by atoms with Crippen LogP contribution < -0.4 is 0 Å². The summed E-state index contributed by atoms with van der Waals surface area (Å²) in [5, 5.41) is 4.68. The van der Waals surface area contributed by atoms with E-state index in [4.69, 9.17) is 0 Å². The quantitative estimate of drug-likeness (QED) is 0.836. The highest BCUT2D eigenvalue weighted by molar-refractivity contribution is 7.99. The maximum Gasteiger partial charge on any atom is 0.268 e. The number of hydrogen-bond acceptors (Lipinski definition) is 5. The number of thioether (sulfide) groups is 1. The van der Waals surface area contributed by atoms with Gasteiger partial charge in [-0.2, -0.15) is 11.8 Å². The standard InChI is InChI=1S/C12H17N3OS2/c1-7-11(18-14-13-7)12(16)15-8-3-4-9(15)6-10(5-8)17-2/h8-10H,3-6H2,1-2H3/t8-,9+,10?. The van der Waals surface area contributed by atoms with Gasteiger partial charge >= 0.3 is 0 Å². The number of fused-ring (bicyclic) bond motifs is 2. The van der Waals surface area contributed by atoms with Crippen LogP contribution in [0, 0.1) is 6.92 Å². The fourth-order valence-electron chi connectivity index (χ4n) is 3.20. The average molecular weight is 283 g/mol. The zero-order valence-electron chi connectivity index (χ0n) is 10.6. The molecule has 0 radical (unpaired) electrons. The maximum atomic E-state index is 12.6. The minimum atomic E-state index is 0.162. The number of amides is 1. The first kappa shape index (κ1) is 12.4. The molecule has 2 aliphatic heterocycles. The van der Waals surface area contributed by atoms with Gasteiger partial charge < -0.3 is 4.90 Å². The van der Waals surface area contributed by atoms with Crippen molar-refractivity contribution in [1.82, 2.24) is 14.5 Å². The Labute approximate surface area is 115 Å². The third kappa shape index (κ3) is 1.95. The molecule has 3 rings (SSSR count). The van der Waals surface area contributed by atoms with Crippen molar-refractivity contribution in [3.05, 3.63) is 10.6 Å². The van der Waals surface area contributed by atoms with E-state index in [9.17, 15) is 4.79 Å². The SMILES string of the molecule is CSC1C[C@H]2CC[C@@H](C1)N2C(=O)c1snnc1C.